The van der Waals surface area contributed by atoms with Crippen molar-refractivity contribution < 1.29 is 17.9 Å². The largest absolute Gasteiger partial charge is 0.416 e. The number of methoxy groups -OCH3 is 1. The zero-order chi connectivity index (χ0) is 15.5. The van der Waals surface area contributed by atoms with Gasteiger partial charge in [-0.3, -0.25) is 0 Å². The molecule has 21 heavy (non-hydrogen) atoms. The minimum Gasteiger partial charge on any atom is -0.380 e. The monoisotopic (exact) mass is 301 g/mol. The molecule has 0 heterocycles. The number of rotatable bonds is 7. The predicted molar refractivity (Wildman–Crippen MR) is 76.1 cm³/mol. The Hall–Kier alpha value is -1.07. The fraction of sp³-hybridized carbons (Fsp3) is 0.625. The average Bonchev–Trinajstić information content (AvgIpc) is 3.24. The predicted octanol–water partition coefficient (Wildman–Crippen LogP) is 3.65. The highest BCUT2D eigenvalue weighted by atomic mass is 19.4. The van der Waals surface area contributed by atoms with E-state index in [2.05, 4.69) is 5.32 Å². The van der Waals surface area contributed by atoms with Gasteiger partial charge in [0.25, 0.3) is 0 Å². The smallest absolute Gasteiger partial charge is 0.380 e. The Labute approximate surface area is 123 Å². The topological polar surface area (TPSA) is 21.3 Å². The van der Waals surface area contributed by atoms with E-state index >= 15 is 0 Å². The summed E-state index contributed by atoms with van der Waals surface area (Å²) in [6.45, 7) is 2.84. The fourth-order valence-corrected chi connectivity index (χ4v) is 2.76. The Morgan fingerprint density at radius 2 is 1.86 bits per heavy atom. The Bertz CT molecular complexity index is 440. The van der Waals surface area contributed by atoms with Crippen LogP contribution in [-0.2, 0) is 17.3 Å². The molecule has 0 aromatic heterocycles. The van der Waals surface area contributed by atoms with Gasteiger partial charge in [-0.1, -0.05) is 19.1 Å². The summed E-state index contributed by atoms with van der Waals surface area (Å²) in [6.07, 6.45) is -1.11. The summed E-state index contributed by atoms with van der Waals surface area (Å²) in [5.74, 6) is 0.577. The molecule has 1 aliphatic rings. The fourth-order valence-electron chi connectivity index (χ4n) is 2.76. The van der Waals surface area contributed by atoms with Crippen LogP contribution in [0.4, 0.5) is 13.2 Å². The van der Waals surface area contributed by atoms with Crippen LogP contribution in [0.25, 0.3) is 0 Å². The van der Waals surface area contributed by atoms with E-state index in [4.69, 9.17) is 4.74 Å². The zero-order valence-corrected chi connectivity index (χ0v) is 12.4. The number of halogens is 3. The van der Waals surface area contributed by atoms with Gasteiger partial charge in [-0.05, 0) is 49.4 Å². The zero-order valence-electron chi connectivity index (χ0n) is 12.4. The summed E-state index contributed by atoms with van der Waals surface area (Å²) >= 11 is 0. The molecule has 1 aliphatic carbocycles. The summed E-state index contributed by atoms with van der Waals surface area (Å²) in [6, 6.07) is 5.57. The lowest BCUT2D eigenvalue weighted by Crippen LogP contribution is -2.43. The minimum absolute atomic E-state index is 0.132. The molecule has 0 aliphatic heterocycles. The molecule has 1 saturated carbocycles. The number of nitrogens with one attached hydrogen (secondary N) is 1. The van der Waals surface area contributed by atoms with Crippen LogP contribution in [0.2, 0.25) is 0 Å². The van der Waals surface area contributed by atoms with Crippen molar-refractivity contribution in [1.82, 2.24) is 5.32 Å². The third-order valence-corrected chi connectivity index (χ3v) is 3.96. The molecule has 2 unspecified atom stereocenters. The van der Waals surface area contributed by atoms with Gasteiger partial charge in [0.2, 0.25) is 0 Å². The van der Waals surface area contributed by atoms with Gasteiger partial charge in [-0.25, -0.2) is 0 Å². The average molecular weight is 301 g/mol. The molecule has 1 aromatic rings. The van der Waals surface area contributed by atoms with Crippen molar-refractivity contribution in [1.29, 1.82) is 0 Å². The maximum Gasteiger partial charge on any atom is 0.416 e. The summed E-state index contributed by atoms with van der Waals surface area (Å²) < 4.78 is 43.3. The van der Waals surface area contributed by atoms with Crippen LogP contribution in [0.5, 0.6) is 0 Å². The van der Waals surface area contributed by atoms with Crippen molar-refractivity contribution >= 4 is 0 Å². The van der Waals surface area contributed by atoms with Crippen molar-refractivity contribution in [3.05, 3.63) is 35.4 Å². The lowest BCUT2D eigenvalue weighted by atomic mass is 9.97. The van der Waals surface area contributed by atoms with Crippen LogP contribution in [0.1, 0.15) is 30.9 Å². The van der Waals surface area contributed by atoms with Crippen LogP contribution in [0.15, 0.2) is 24.3 Å². The molecule has 118 valence electrons. The molecular formula is C16H22F3NO. The molecule has 1 N–H and O–H groups in total. The number of benzene rings is 1. The molecule has 5 heteroatoms. The second kappa shape index (κ2) is 6.79. The number of ether oxygens (including phenoxy) is 1. The van der Waals surface area contributed by atoms with Crippen molar-refractivity contribution in [2.24, 2.45) is 5.92 Å². The van der Waals surface area contributed by atoms with Crippen molar-refractivity contribution in [2.75, 3.05) is 13.7 Å². The van der Waals surface area contributed by atoms with Crippen LogP contribution in [0, 0.1) is 5.92 Å². The Morgan fingerprint density at radius 1 is 1.24 bits per heavy atom. The van der Waals surface area contributed by atoms with Crippen molar-refractivity contribution in [3.8, 4) is 0 Å². The first-order valence-corrected chi connectivity index (χ1v) is 7.38. The molecule has 0 saturated heterocycles. The van der Waals surface area contributed by atoms with E-state index in [9.17, 15) is 13.2 Å². The van der Waals surface area contributed by atoms with Gasteiger partial charge in [0.1, 0.15) is 0 Å². The third-order valence-electron chi connectivity index (χ3n) is 3.96. The summed E-state index contributed by atoms with van der Waals surface area (Å²) in [7, 11) is 1.71. The summed E-state index contributed by atoms with van der Waals surface area (Å²) in [4.78, 5) is 0. The molecule has 2 atom stereocenters. The van der Waals surface area contributed by atoms with Crippen LogP contribution in [0.3, 0.4) is 0 Å². The summed E-state index contributed by atoms with van der Waals surface area (Å²) in [5.41, 5.74) is 0.299. The van der Waals surface area contributed by atoms with Gasteiger partial charge in [-0.15, -0.1) is 0 Å². The first-order valence-electron chi connectivity index (χ1n) is 7.38. The van der Waals surface area contributed by atoms with E-state index < -0.39 is 11.7 Å². The van der Waals surface area contributed by atoms with E-state index in [1.165, 1.54) is 12.8 Å². The molecule has 0 amide bonds. The lowest BCUT2D eigenvalue weighted by molar-refractivity contribution is -0.137. The SMILES string of the molecule is CCNC(Cc1ccc(C(F)(F)F)cc1)C(OC)C1CC1. The van der Waals surface area contributed by atoms with Crippen LogP contribution in [-0.4, -0.2) is 25.8 Å². The van der Waals surface area contributed by atoms with Crippen molar-refractivity contribution in [2.45, 2.75) is 44.5 Å². The quantitative estimate of drug-likeness (QED) is 0.830. The third kappa shape index (κ3) is 4.45. The molecule has 1 fully saturated rings. The first-order chi connectivity index (χ1) is 9.95. The normalized spacial score (nSPS) is 18.5. The highest BCUT2D eigenvalue weighted by molar-refractivity contribution is 5.25. The van der Waals surface area contributed by atoms with Gasteiger partial charge in [0.05, 0.1) is 11.7 Å². The van der Waals surface area contributed by atoms with Gasteiger partial charge in [0, 0.05) is 13.2 Å². The van der Waals surface area contributed by atoms with E-state index in [1.807, 2.05) is 6.92 Å². The first kappa shape index (κ1) is 16.3. The minimum atomic E-state index is -4.28. The molecule has 0 spiro atoms. The number of hydrogen-bond donors (Lipinski definition) is 1. The second-order valence-corrected chi connectivity index (χ2v) is 5.60. The maximum atomic E-state index is 12.6. The Balaban J connectivity index is 2.05. The standard InChI is InChI=1S/C16H22F3NO/c1-3-20-14(15(21-2)12-6-7-12)10-11-4-8-13(9-5-11)16(17,18)19/h4-5,8-9,12,14-15,20H,3,6-7,10H2,1-2H3. The second-order valence-electron chi connectivity index (χ2n) is 5.60. The van der Waals surface area contributed by atoms with Gasteiger partial charge in [-0.2, -0.15) is 13.2 Å². The number of hydrogen-bond acceptors (Lipinski definition) is 2. The Morgan fingerprint density at radius 3 is 2.29 bits per heavy atom. The van der Waals surface area contributed by atoms with E-state index in [0.717, 1.165) is 24.2 Å². The van der Waals surface area contributed by atoms with Crippen molar-refractivity contribution in [3.63, 3.8) is 0 Å². The Kier molecular flexibility index (Phi) is 5.27. The maximum absolute atomic E-state index is 12.6. The number of likely N-dealkylation sites (N-methyl/N-ethyl adjacent to an activating group) is 1. The molecule has 0 bridgehead atoms. The van der Waals surface area contributed by atoms with Crippen LogP contribution < -0.4 is 5.32 Å². The molecule has 1 aromatic carbocycles. The van der Waals surface area contributed by atoms with Crippen LogP contribution >= 0.6 is 0 Å². The van der Waals surface area contributed by atoms with E-state index in [0.29, 0.717) is 12.3 Å². The van der Waals surface area contributed by atoms with Gasteiger partial charge >= 0.3 is 6.18 Å². The van der Waals surface area contributed by atoms with Gasteiger partial charge in [0.15, 0.2) is 0 Å². The molecule has 2 nitrogen and oxygen atoms in total. The summed E-state index contributed by atoms with van der Waals surface area (Å²) in [5, 5.41) is 3.40. The lowest BCUT2D eigenvalue weighted by Gasteiger charge is -2.27. The van der Waals surface area contributed by atoms with E-state index in [1.54, 1.807) is 19.2 Å². The van der Waals surface area contributed by atoms with Gasteiger partial charge < -0.3 is 10.1 Å². The van der Waals surface area contributed by atoms with E-state index in [-0.39, 0.29) is 12.1 Å². The highest BCUT2D eigenvalue weighted by Gasteiger charge is 2.36. The number of alkyl halides is 3. The molecule has 2 rings (SSSR count). The molecular weight excluding hydrogens is 279 g/mol. The molecule has 0 radical (unpaired) electrons. The highest BCUT2D eigenvalue weighted by Crippen LogP contribution is 2.36.